The van der Waals surface area contributed by atoms with Crippen LogP contribution < -0.4 is 5.32 Å². The number of esters is 1. The van der Waals surface area contributed by atoms with E-state index in [9.17, 15) is 19.5 Å². The van der Waals surface area contributed by atoms with E-state index >= 15 is 0 Å². The van der Waals surface area contributed by atoms with Crippen molar-refractivity contribution in [3.63, 3.8) is 0 Å². The standard InChI is InChI=1S/C20H25NO6S/c1-26-20(25)14-10-6-4-2-3-5-7-13(10)28-18(14)21-17(22)15-11-8-9-12(27-11)16(15)19(23)24/h11-12,15-16H,2-9H2,1H3,(H,21,22)(H,23,24)/t11-,12-,15+,16-/m0/s1. The number of carbonyl (C=O) groups excluding carboxylic acids is 2. The van der Waals surface area contributed by atoms with Crippen LogP contribution in [-0.2, 0) is 31.9 Å². The monoisotopic (exact) mass is 407 g/mol. The van der Waals surface area contributed by atoms with Gasteiger partial charge in [0.2, 0.25) is 5.91 Å². The Morgan fingerprint density at radius 2 is 1.75 bits per heavy atom. The lowest BCUT2D eigenvalue weighted by Crippen LogP contribution is -2.41. The molecule has 1 aromatic heterocycles. The molecule has 8 heteroatoms. The van der Waals surface area contributed by atoms with Crippen molar-refractivity contribution < 1.29 is 29.0 Å². The molecular weight excluding hydrogens is 382 g/mol. The second kappa shape index (κ2) is 7.83. The molecule has 1 amide bonds. The second-order valence-electron chi connectivity index (χ2n) is 7.78. The molecule has 2 N–H and O–H groups in total. The number of amides is 1. The number of thiophene rings is 1. The normalized spacial score (nSPS) is 28.9. The summed E-state index contributed by atoms with van der Waals surface area (Å²) < 4.78 is 10.7. The molecular formula is C20H25NO6S. The highest BCUT2D eigenvalue weighted by Gasteiger charge is 2.55. The predicted octanol–water partition coefficient (Wildman–Crippen LogP) is 3.01. The summed E-state index contributed by atoms with van der Waals surface area (Å²) in [6.45, 7) is 0. The molecule has 0 spiro atoms. The minimum atomic E-state index is -1.00. The van der Waals surface area contributed by atoms with E-state index in [2.05, 4.69) is 5.32 Å². The van der Waals surface area contributed by atoms with Crippen molar-refractivity contribution in [3.05, 3.63) is 16.0 Å². The quantitative estimate of drug-likeness (QED) is 0.744. The molecule has 2 saturated heterocycles. The van der Waals surface area contributed by atoms with Gasteiger partial charge in [-0.25, -0.2) is 4.79 Å². The van der Waals surface area contributed by atoms with Gasteiger partial charge in [-0.2, -0.15) is 0 Å². The van der Waals surface area contributed by atoms with Crippen LogP contribution in [0.15, 0.2) is 0 Å². The van der Waals surface area contributed by atoms with E-state index in [0.717, 1.165) is 49.0 Å². The predicted molar refractivity (Wildman–Crippen MR) is 103 cm³/mol. The van der Waals surface area contributed by atoms with Gasteiger partial charge in [-0.3, -0.25) is 9.59 Å². The Morgan fingerprint density at radius 1 is 1.07 bits per heavy atom. The van der Waals surface area contributed by atoms with Crippen LogP contribution in [0.3, 0.4) is 0 Å². The fraction of sp³-hybridized carbons (Fsp3) is 0.650. The molecule has 1 aromatic rings. The lowest BCUT2D eigenvalue weighted by atomic mass is 9.78. The molecule has 0 unspecified atom stereocenters. The summed E-state index contributed by atoms with van der Waals surface area (Å²) in [6, 6.07) is 0. The SMILES string of the molecule is COC(=O)c1c(NC(=O)[C@H]2[C@@H](C(=O)O)[C@@H]3CC[C@@H]2O3)sc2c1CCCCCC2. The Balaban J connectivity index is 1.63. The number of carboxylic acid groups (broad SMARTS) is 1. The van der Waals surface area contributed by atoms with Crippen molar-refractivity contribution in [2.24, 2.45) is 11.8 Å². The van der Waals surface area contributed by atoms with Crippen LogP contribution in [0.2, 0.25) is 0 Å². The largest absolute Gasteiger partial charge is 0.481 e. The van der Waals surface area contributed by atoms with Gasteiger partial charge in [0.05, 0.1) is 36.7 Å². The molecule has 0 aromatic carbocycles. The summed E-state index contributed by atoms with van der Waals surface area (Å²) in [5.41, 5.74) is 1.42. The minimum absolute atomic E-state index is 0.367. The lowest BCUT2D eigenvalue weighted by Gasteiger charge is -2.23. The number of nitrogens with one attached hydrogen (secondary N) is 1. The van der Waals surface area contributed by atoms with E-state index in [1.807, 2.05) is 0 Å². The molecule has 1 aliphatic carbocycles. The molecule has 3 heterocycles. The maximum atomic E-state index is 13.0. The summed E-state index contributed by atoms with van der Waals surface area (Å²) in [5, 5.41) is 12.9. The van der Waals surface area contributed by atoms with Gasteiger partial charge in [-0.05, 0) is 44.1 Å². The number of rotatable bonds is 4. The molecule has 0 radical (unpaired) electrons. The average Bonchev–Trinajstić information content (AvgIpc) is 3.34. The summed E-state index contributed by atoms with van der Waals surface area (Å²) in [6.07, 6.45) is 6.62. The molecule has 3 aliphatic rings. The van der Waals surface area contributed by atoms with Gasteiger partial charge in [0, 0.05) is 4.88 Å². The third-order valence-electron chi connectivity index (χ3n) is 6.16. The number of methoxy groups -OCH3 is 1. The van der Waals surface area contributed by atoms with Crippen LogP contribution in [0.5, 0.6) is 0 Å². The van der Waals surface area contributed by atoms with Gasteiger partial charge >= 0.3 is 11.9 Å². The van der Waals surface area contributed by atoms with E-state index < -0.39 is 29.9 Å². The maximum absolute atomic E-state index is 13.0. The molecule has 2 aliphatic heterocycles. The van der Waals surface area contributed by atoms with Crippen molar-refractivity contribution in [2.75, 3.05) is 12.4 Å². The third-order valence-corrected chi connectivity index (χ3v) is 7.37. The van der Waals surface area contributed by atoms with Crippen molar-refractivity contribution in [1.82, 2.24) is 0 Å². The van der Waals surface area contributed by atoms with Crippen LogP contribution in [-0.4, -0.2) is 42.3 Å². The topological polar surface area (TPSA) is 102 Å². The first-order valence-corrected chi connectivity index (χ1v) is 10.7. The van der Waals surface area contributed by atoms with Crippen molar-refractivity contribution >= 4 is 34.2 Å². The second-order valence-corrected chi connectivity index (χ2v) is 8.89. The number of carbonyl (C=O) groups is 3. The van der Waals surface area contributed by atoms with Crippen LogP contribution in [0.4, 0.5) is 5.00 Å². The zero-order valence-corrected chi connectivity index (χ0v) is 16.7. The van der Waals surface area contributed by atoms with Crippen LogP contribution in [0.1, 0.15) is 59.3 Å². The smallest absolute Gasteiger partial charge is 0.341 e. The van der Waals surface area contributed by atoms with E-state index in [1.165, 1.54) is 18.4 Å². The Kier molecular flexibility index (Phi) is 5.42. The fourth-order valence-corrected chi connectivity index (χ4v) is 6.13. The number of anilines is 1. The number of ether oxygens (including phenoxy) is 2. The van der Waals surface area contributed by atoms with Gasteiger partial charge in [-0.1, -0.05) is 12.8 Å². The summed E-state index contributed by atoms with van der Waals surface area (Å²) >= 11 is 1.42. The van der Waals surface area contributed by atoms with Gasteiger partial charge < -0.3 is 19.9 Å². The molecule has 0 saturated carbocycles. The molecule has 2 fully saturated rings. The number of aryl methyl sites for hydroxylation is 1. The molecule has 28 heavy (non-hydrogen) atoms. The number of fused-ring (bicyclic) bond motifs is 3. The highest BCUT2D eigenvalue weighted by atomic mass is 32.1. The van der Waals surface area contributed by atoms with Crippen LogP contribution in [0.25, 0.3) is 0 Å². The number of hydrogen-bond acceptors (Lipinski definition) is 6. The molecule has 7 nitrogen and oxygen atoms in total. The Bertz CT molecular complexity index is 803. The third kappa shape index (κ3) is 3.33. The number of carboxylic acids is 1. The van der Waals surface area contributed by atoms with E-state index in [-0.39, 0.29) is 12.0 Å². The van der Waals surface area contributed by atoms with E-state index in [4.69, 9.17) is 9.47 Å². The van der Waals surface area contributed by atoms with Crippen molar-refractivity contribution in [2.45, 2.75) is 63.6 Å². The Hall–Kier alpha value is -1.93. The molecule has 2 bridgehead atoms. The van der Waals surface area contributed by atoms with Crippen LogP contribution in [0, 0.1) is 11.8 Å². The Labute approximate surface area is 167 Å². The summed E-state index contributed by atoms with van der Waals surface area (Å²) in [5.74, 6) is -3.39. The van der Waals surface area contributed by atoms with Crippen molar-refractivity contribution in [3.8, 4) is 0 Å². The Morgan fingerprint density at radius 3 is 2.43 bits per heavy atom. The summed E-state index contributed by atoms with van der Waals surface area (Å²) in [4.78, 5) is 38.3. The van der Waals surface area contributed by atoms with E-state index in [0.29, 0.717) is 23.4 Å². The highest BCUT2D eigenvalue weighted by molar-refractivity contribution is 7.17. The first kappa shape index (κ1) is 19.4. The maximum Gasteiger partial charge on any atom is 0.341 e. The minimum Gasteiger partial charge on any atom is -0.481 e. The van der Waals surface area contributed by atoms with Crippen LogP contribution >= 0.6 is 11.3 Å². The lowest BCUT2D eigenvalue weighted by molar-refractivity contribution is -0.147. The first-order valence-electron chi connectivity index (χ1n) is 9.93. The van der Waals surface area contributed by atoms with Crippen molar-refractivity contribution in [1.29, 1.82) is 0 Å². The van der Waals surface area contributed by atoms with Gasteiger partial charge in [0.1, 0.15) is 5.00 Å². The first-order chi connectivity index (χ1) is 13.5. The highest BCUT2D eigenvalue weighted by Crippen LogP contribution is 2.45. The molecule has 4 atom stereocenters. The van der Waals surface area contributed by atoms with Gasteiger partial charge in [-0.15, -0.1) is 11.3 Å². The zero-order valence-electron chi connectivity index (χ0n) is 15.9. The van der Waals surface area contributed by atoms with Gasteiger partial charge in [0.15, 0.2) is 0 Å². The zero-order chi connectivity index (χ0) is 19.8. The molecule has 4 rings (SSSR count). The fourth-order valence-electron chi connectivity index (χ4n) is 4.85. The number of aliphatic carboxylic acids is 1. The average molecular weight is 407 g/mol. The number of hydrogen-bond donors (Lipinski definition) is 2. The van der Waals surface area contributed by atoms with E-state index in [1.54, 1.807) is 0 Å². The van der Waals surface area contributed by atoms with Gasteiger partial charge in [0.25, 0.3) is 0 Å². The summed E-state index contributed by atoms with van der Waals surface area (Å²) in [7, 11) is 1.34. The molecule has 152 valence electrons.